The molecule has 0 bridgehead atoms. The molecule has 27 heavy (non-hydrogen) atoms. The molecular formula is C18H12Cl2F3N3O. The van der Waals surface area contributed by atoms with Gasteiger partial charge < -0.3 is 10.6 Å². The van der Waals surface area contributed by atoms with Gasteiger partial charge in [0.05, 0.1) is 10.6 Å². The summed E-state index contributed by atoms with van der Waals surface area (Å²) in [6.45, 7) is 1.79. The first-order valence-electron chi connectivity index (χ1n) is 7.43. The van der Waals surface area contributed by atoms with Crippen LogP contribution in [0.2, 0.25) is 10.0 Å². The molecule has 2 rings (SSSR count). The highest BCUT2D eigenvalue weighted by Crippen LogP contribution is 2.36. The van der Waals surface area contributed by atoms with E-state index in [4.69, 9.17) is 28.5 Å². The van der Waals surface area contributed by atoms with Crippen molar-refractivity contribution in [1.82, 2.24) is 0 Å². The number of nitriles is 1. The minimum atomic E-state index is -4.63. The molecular weight excluding hydrogens is 402 g/mol. The lowest BCUT2D eigenvalue weighted by molar-refractivity contribution is -0.137. The second-order valence-corrected chi connectivity index (χ2v) is 6.24. The van der Waals surface area contributed by atoms with E-state index in [1.54, 1.807) is 25.1 Å². The molecule has 2 aromatic rings. The molecule has 1 amide bonds. The Morgan fingerprint density at radius 1 is 1.11 bits per heavy atom. The predicted octanol–water partition coefficient (Wildman–Crippen LogP) is 5.78. The van der Waals surface area contributed by atoms with Gasteiger partial charge in [-0.15, -0.1) is 0 Å². The first-order valence-corrected chi connectivity index (χ1v) is 8.18. The van der Waals surface area contributed by atoms with Gasteiger partial charge >= 0.3 is 6.18 Å². The van der Waals surface area contributed by atoms with Gasteiger partial charge in [0.15, 0.2) is 0 Å². The van der Waals surface area contributed by atoms with Gasteiger partial charge in [-0.2, -0.15) is 18.4 Å². The van der Waals surface area contributed by atoms with Crippen LogP contribution in [0.3, 0.4) is 0 Å². The third kappa shape index (κ3) is 5.39. The maximum atomic E-state index is 12.9. The van der Waals surface area contributed by atoms with Crippen molar-refractivity contribution < 1.29 is 18.0 Å². The molecule has 0 unspecified atom stereocenters. The number of nitrogens with one attached hydrogen (secondary N) is 2. The van der Waals surface area contributed by atoms with E-state index in [1.165, 1.54) is 12.1 Å². The fourth-order valence-corrected chi connectivity index (χ4v) is 2.41. The molecule has 2 N–H and O–H groups in total. The number of hydrogen-bond donors (Lipinski definition) is 2. The number of carbonyl (C=O) groups is 1. The van der Waals surface area contributed by atoms with Crippen molar-refractivity contribution in [2.75, 3.05) is 10.6 Å². The van der Waals surface area contributed by atoms with Crippen LogP contribution in [0, 0.1) is 18.3 Å². The molecule has 140 valence electrons. The Hall–Kier alpha value is -2.69. The van der Waals surface area contributed by atoms with Crippen LogP contribution in [0.1, 0.15) is 11.1 Å². The maximum absolute atomic E-state index is 12.9. The fraction of sp³-hybridized carbons (Fsp3) is 0.111. The molecule has 0 aliphatic carbocycles. The van der Waals surface area contributed by atoms with Gasteiger partial charge in [-0.05, 0) is 42.8 Å². The topological polar surface area (TPSA) is 64.9 Å². The molecule has 0 aliphatic rings. The van der Waals surface area contributed by atoms with E-state index < -0.39 is 22.7 Å². The van der Waals surface area contributed by atoms with E-state index in [0.717, 1.165) is 23.9 Å². The van der Waals surface area contributed by atoms with Crippen LogP contribution in [0.5, 0.6) is 0 Å². The Morgan fingerprint density at radius 3 is 2.37 bits per heavy atom. The number of amides is 1. The van der Waals surface area contributed by atoms with Crippen LogP contribution in [0.25, 0.3) is 0 Å². The van der Waals surface area contributed by atoms with E-state index in [0.29, 0.717) is 10.7 Å². The molecule has 0 spiro atoms. The molecule has 0 radical (unpaired) electrons. The van der Waals surface area contributed by atoms with E-state index in [2.05, 4.69) is 10.6 Å². The summed E-state index contributed by atoms with van der Waals surface area (Å²) in [5.41, 5.74) is -0.154. The van der Waals surface area contributed by atoms with Crippen molar-refractivity contribution in [1.29, 1.82) is 5.26 Å². The fourth-order valence-electron chi connectivity index (χ4n) is 2.01. The number of nitrogens with zero attached hydrogens (tertiary/aromatic N) is 1. The quantitative estimate of drug-likeness (QED) is 0.493. The monoisotopic (exact) mass is 413 g/mol. The number of aryl methyl sites for hydroxylation is 1. The molecule has 9 heteroatoms. The predicted molar refractivity (Wildman–Crippen MR) is 98.6 cm³/mol. The minimum absolute atomic E-state index is 0.0191. The Bertz CT molecular complexity index is 950. The first kappa shape index (κ1) is 20.6. The number of anilines is 2. The average molecular weight is 414 g/mol. The van der Waals surface area contributed by atoms with Gasteiger partial charge in [-0.1, -0.05) is 29.3 Å². The molecule has 0 atom stereocenters. The summed E-state index contributed by atoms with van der Waals surface area (Å²) in [4.78, 5) is 12.2. The average Bonchev–Trinajstić information content (AvgIpc) is 2.59. The lowest BCUT2D eigenvalue weighted by atomic mass is 10.2. The molecule has 0 fully saturated rings. The van der Waals surface area contributed by atoms with Crippen LogP contribution in [-0.4, -0.2) is 5.91 Å². The summed E-state index contributed by atoms with van der Waals surface area (Å²) < 4.78 is 38.6. The third-order valence-corrected chi connectivity index (χ3v) is 4.19. The van der Waals surface area contributed by atoms with Crippen molar-refractivity contribution in [3.05, 3.63) is 69.3 Å². The number of halogens is 5. The summed E-state index contributed by atoms with van der Waals surface area (Å²) in [7, 11) is 0. The molecule has 0 aliphatic heterocycles. The van der Waals surface area contributed by atoms with Gasteiger partial charge in [0.25, 0.3) is 5.91 Å². The van der Waals surface area contributed by atoms with Crippen LogP contribution in [0.15, 0.2) is 48.2 Å². The van der Waals surface area contributed by atoms with Gasteiger partial charge in [0.2, 0.25) is 0 Å². The van der Waals surface area contributed by atoms with Crippen molar-refractivity contribution in [2.24, 2.45) is 0 Å². The maximum Gasteiger partial charge on any atom is 0.417 e. The normalized spacial score (nSPS) is 11.7. The largest absolute Gasteiger partial charge is 0.417 e. The zero-order valence-corrected chi connectivity index (χ0v) is 15.3. The molecule has 0 heterocycles. The van der Waals surface area contributed by atoms with E-state index >= 15 is 0 Å². The Kier molecular flexibility index (Phi) is 6.37. The van der Waals surface area contributed by atoms with E-state index in [-0.39, 0.29) is 11.3 Å². The van der Waals surface area contributed by atoms with Crippen molar-refractivity contribution in [2.45, 2.75) is 13.1 Å². The highest BCUT2D eigenvalue weighted by atomic mass is 35.5. The number of carbonyl (C=O) groups excluding carboxylic acids is 1. The Morgan fingerprint density at radius 2 is 1.78 bits per heavy atom. The second-order valence-electron chi connectivity index (χ2n) is 5.42. The van der Waals surface area contributed by atoms with Gasteiger partial charge in [-0.3, -0.25) is 4.79 Å². The summed E-state index contributed by atoms with van der Waals surface area (Å²) in [6.07, 6.45) is -3.62. The minimum Gasteiger partial charge on any atom is -0.360 e. The summed E-state index contributed by atoms with van der Waals surface area (Å²) in [6, 6.07) is 9.65. The summed E-state index contributed by atoms with van der Waals surface area (Å²) >= 11 is 11.5. The summed E-state index contributed by atoms with van der Waals surface area (Å²) in [5.74, 6) is -0.741. The van der Waals surface area contributed by atoms with Crippen LogP contribution < -0.4 is 10.6 Å². The van der Waals surface area contributed by atoms with Crippen LogP contribution >= 0.6 is 23.2 Å². The number of benzene rings is 2. The third-order valence-electron chi connectivity index (χ3n) is 3.45. The number of alkyl halides is 3. The van der Waals surface area contributed by atoms with E-state index in [1.807, 2.05) is 0 Å². The Balaban J connectivity index is 2.17. The lowest BCUT2D eigenvalue weighted by Gasteiger charge is -2.11. The molecule has 0 saturated heterocycles. The van der Waals surface area contributed by atoms with Gasteiger partial charge in [0.1, 0.15) is 11.6 Å². The SMILES string of the molecule is Cc1ccc(NC(=O)/C(C#N)=C\Nc2ccc(Cl)c(C(F)(F)F)c2)cc1Cl. The van der Waals surface area contributed by atoms with Crippen molar-refractivity contribution >= 4 is 40.5 Å². The van der Waals surface area contributed by atoms with Crippen LogP contribution in [-0.2, 0) is 11.0 Å². The molecule has 2 aromatic carbocycles. The zero-order valence-electron chi connectivity index (χ0n) is 13.8. The standard InChI is InChI=1S/C18H12Cl2F3N3O/c1-10-2-3-13(7-16(10)20)26-17(27)11(8-24)9-25-12-4-5-15(19)14(6-12)18(21,22)23/h2-7,9,25H,1H3,(H,26,27)/b11-9-. The smallest absolute Gasteiger partial charge is 0.360 e. The van der Waals surface area contributed by atoms with Crippen molar-refractivity contribution in [3.63, 3.8) is 0 Å². The molecule has 4 nitrogen and oxygen atoms in total. The first-order chi connectivity index (χ1) is 12.6. The Labute approximate surface area is 163 Å². The molecule has 0 aromatic heterocycles. The van der Waals surface area contributed by atoms with Gasteiger partial charge in [0, 0.05) is 22.6 Å². The van der Waals surface area contributed by atoms with Crippen molar-refractivity contribution in [3.8, 4) is 6.07 Å². The van der Waals surface area contributed by atoms with Crippen LogP contribution in [0.4, 0.5) is 24.5 Å². The highest BCUT2D eigenvalue weighted by molar-refractivity contribution is 6.32. The molecule has 0 saturated carbocycles. The second kappa shape index (κ2) is 8.33. The lowest BCUT2D eigenvalue weighted by Crippen LogP contribution is -2.14. The zero-order chi connectivity index (χ0) is 20.2. The van der Waals surface area contributed by atoms with Gasteiger partial charge in [-0.25, -0.2) is 0 Å². The highest BCUT2D eigenvalue weighted by Gasteiger charge is 2.33. The number of rotatable bonds is 4. The van der Waals surface area contributed by atoms with E-state index in [9.17, 15) is 18.0 Å². The number of hydrogen-bond acceptors (Lipinski definition) is 3. The summed E-state index contributed by atoms with van der Waals surface area (Å²) in [5, 5.41) is 14.1.